The second kappa shape index (κ2) is 5.82. The van der Waals surface area contributed by atoms with Gasteiger partial charge in [0.15, 0.2) is 0 Å². The van der Waals surface area contributed by atoms with Gasteiger partial charge >= 0.3 is 0 Å². The molecule has 4 heteroatoms. The van der Waals surface area contributed by atoms with E-state index in [1.54, 1.807) is 0 Å². The van der Waals surface area contributed by atoms with Crippen LogP contribution in [-0.2, 0) is 4.79 Å². The molecule has 0 unspecified atom stereocenters. The zero-order valence-corrected chi connectivity index (χ0v) is 12.1. The van der Waals surface area contributed by atoms with Gasteiger partial charge in [0.1, 0.15) is 0 Å². The molecule has 2 N–H and O–H groups in total. The molecular formula is C13H17IN2O. The number of aryl methyl sites for hydroxylation is 1. The highest BCUT2D eigenvalue weighted by molar-refractivity contribution is 14.1. The number of halogens is 1. The summed E-state index contributed by atoms with van der Waals surface area (Å²) in [6, 6.07) is 5.98. The fourth-order valence-corrected chi connectivity index (χ4v) is 2.49. The first-order chi connectivity index (χ1) is 8.16. The van der Waals surface area contributed by atoms with Gasteiger partial charge in [-0.3, -0.25) is 4.79 Å². The number of carbonyl (C=O) groups is 1. The van der Waals surface area contributed by atoms with E-state index in [0.717, 1.165) is 25.1 Å². The van der Waals surface area contributed by atoms with Gasteiger partial charge in [0.2, 0.25) is 5.91 Å². The van der Waals surface area contributed by atoms with Crippen molar-refractivity contribution < 1.29 is 4.79 Å². The molecule has 1 aromatic rings. The smallest absolute Gasteiger partial charge is 0.241 e. The maximum Gasteiger partial charge on any atom is 0.241 e. The van der Waals surface area contributed by atoms with Crippen molar-refractivity contribution in [1.29, 1.82) is 0 Å². The van der Waals surface area contributed by atoms with Crippen LogP contribution in [0.5, 0.6) is 0 Å². The molecule has 1 aromatic carbocycles. The van der Waals surface area contributed by atoms with Crippen LogP contribution in [0.25, 0.3) is 0 Å². The number of rotatable bonds is 2. The lowest BCUT2D eigenvalue weighted by molar-refractivity contribution is -0.118. The number of piperidine rings is 1. The molecule has 1 aliphatic rings. The first-order valence-electron chi connectivity index (χ1n) is 5.97. The minimum atomic E-state index is -0.0253. The van der Waals surface area contributed by atoms with Crippen molar-refractivity contribution in [2.75, 3.05) is 11.9 Å². The third-order valence-electron chi connectivity index (χ3n) is 3.07. The van der Waals surface area contributed by atoms with E-state index in [9.17, 15) is 4.79 Å². The lowest BCUT2D eigenvalue weighted by atomic mass is 10.0. The van der Waals surface area contributed by atoms with Gasteiger partial charge in [0.05, 0.1) is 6.04 Å². The summed E-state index contributed by atoms with van der Waals surface area (Å²) in [6.07, 6.45) is 3.25. The summed E-state index contributed by atoms with van der Waals surface area (Å²) in [4.78, 5) is 12.0. The van der Waals surface area contributed by atoms with Crippen LogP contribution in [0.15, 0.2) is 18.2 Å². The average molecular weight is 344 g/mol. The van der Waals surface area contributed by atoms with Crippen molar-refractivity contribution in [2.45, 2.75) is 32.2 Å². The number of nitrogens with one attached hydrogen (secondary N) is 2. The maximum atomic E-state index is 12.0. The van der Waals surface area contributed by atoms with E-state index in [1.165, 1.54) is 15.6 Å². The van der Waals surface area contributed by atoms with E-state index in [0.29, 0.717) is 0 Å². The van der Waals surface area contributed by atoms with E-state index < -0.39 is 0 Å². The van der Waals surface area contributed by atoms with Crippen LogP contribution in [0.1, 0.15) is 24.8 Å². The summed E-state index contributed by atoms with van der Waals surface area (Å²) < 4.78 is 1.18. The maximum absolute atomic E-state index is 12.0. The van der Waals surface area contributed by atoms with Gasteiger partial charge in [-0.15, -0.1) is 0 Å². The predicted molar refractivity (Wildman–Crippen MR) is 78.2 cm³/mol. The van der Waals surface area contributed by atoms with Crippen molar-refractivity contribution in [3.63, 3.8) is 0 Å². The van der Waals surface area contributed by atoms with Crippen LogP contribution in [0.4, 0.5) is 5.69 Å². The number of amides is 1. The molecule has 1 aliphatic heterocycles. The normalized spacial score (nSPS) is 20.0. The zero-order chi connectivity index (χ0) is 12.3. The summed E-state index contributed by atoms with van der Waals surface area (Å²) in [7, 11) is 0. The molecule has 17 heavy (non-hydrogen) atoms. The second-order valence-corrected chi connectivity index (χ2v) is 5.62. The van der Waals surface area contributed by atoms with Crippen LogP contribution in [0.2, 0.25) is 0 Å². The minimum absolute atomic E-state index is 0.0253. The largest absolute Gasteiger partial charge is 0.325 e. The Labute approximate surface area is 116 Å². The van der Waals surface area contributed by atoms with E-state index >= 15 is 0 Å². The molecule has 1 saturated heterocycles. The van der Waals surface area contributed by atoms with E-state index in [1.807, 2.05) is 18.2 Å². The zero-order valence-electron chi connectivity index (χ0n) is 9.92. The fourth-order valence-electron chi connectivity index (χ4n) is 1.98. The Morgan fingerprint density at radius 3 is 2.94 bits per heavy atom. The van der Waals surface area contributed by atoms with Gasteiger partial charge in [-0.1, -0.05) is 12.5 Å². The highest BCUT2D eigenvalue weighted by Crippen LogP contribution is 2.18. The van der Waals surface area contributed by atoms with Crippen molar-refractivity contribution in [3.8, 4) is 0 Å². The summed E-state index contributed by atoms with van der Waals surface area (Å²) in [5, 5.41) is 6.22. The predicted octanol–water partition coefficient (Wildman–Crippen LogP) is 2.68. The van der Waals surface area contributed by atoms with Crippen LogP contribution >= 0.6 is 22.6 Å². The van der Waals surface area contributed by atoms with Gasteiger partial charge in [-0.2, -0.15) is 0 Å². The molecule has 0 radical (unpaired) electrons. The van der Waals surface area contributed by atoms with Gasteiger partial charge in [-0.05, 0) is 66.6 Å². The molecule has 0 aromatic heterocycles. The molecule has 1 amide bonds. The highest BCUT2D eigenvalue weighted by atomic mass is 127. The van der Waals surface area contributed by atoms with Crippen molar-refractivity contribution >= 4 is 34.2 Å². The Morgan fingerprint density at radius 2 is 2.29 bits per heavy atom. The molecule has 0 bridgehead atoms. The number of carbonyl (C=O) groups excluding carboxylic acids is 1. The Hall–Kier alpha value is -0.620. The third-order valence-corrected chi connectivity index (χ3v) is 4.23. The first kappa shape index (κ1) is 12.8. The van der Waals surface area contributed by atoms with Gasteiger partial charge in [0, 0.05) is 9.26 Å². The molecule has 0 spiro atoms. The minimum Gasteiger partial charge on any atom is -0.325 e. The van der Waals surface area contributed by atoms with Crippen molar-refractivity contribution in [1.82, 2.24) is 5.32 Å². The standard InChI is InChI=1S/C13H17IN2O/c1-9-5-6-10(8-11(9)14)16-13(17)12-4-2-3-7-15-12/h5-6,8,12,15H,2-4,7H2,1H3,(H,16,17)/t12-/m0/s1. The molecule has 1 heterocycles. The molecule has 2 rings (SSSR count). The molecule has 3 nitrogen and oxygen atoms in total. The van der Waals surface area contributed by atoms with Crippen LogP contribution in [0, 0.1) is 10.5 Å². The number of hydrogen-bond acceptors (Lipinski definition) is 2. The Balaban J connectivity index is 1.99. The van der Waals surface area contributed by atoms with Crippen LogP contribution in [0.3, 0.4) is 0 Å². The van der Waals surface area contributed by atoms with E-state index in [-0.39, 0.29) is 11.9 Å². The molecule has 0 saturated carbocycles. The summed E-state index contributed by atoms with van der Waals surface area (Å²) in [6.45, 7) is 3.01. The molecule has 1 fully saturated rings. The van der Waals surface area contributed by atoms with E-state index in [4.69, 9.17) is 0 Å². The second-order valence-electron chi connectivity index (χ2n) is 4.46. The van der Waals surface area contributed by atoms with Crippen LogP contribution < -0.4 is 10.6 Å². The monoisotopic (exact) mass is 344 g/mol. The number of benzene rings is 1. The molecule has 1 atom stereocenters. The van der Waals surface area contributed by atoms with Crippen LogP contribution in [-0.4, -0.2) is 18.5 Å². The topological polar surface area (TPSA) is 41.1 Å². The fraction of sp³-hybridized carbons (Fsp3) is 0.462. The Bertz CT molecular complexity index is 414. The number of anilines is 1. The lowest BCUT2D eigenvalue weighted by Crippen LogP contribution is -2.43. The van der Waals surface area contributed by atoms with Gasteiger partial charge in [0.25, 0.3) is 0 Å². The SMILES string of the molecule is Cc1ccc(NC(=O)[C@@H]2CCCCN2)cc1I. The lowest BCUT2D eigenvalue weighted by Gasteiger charge is -2.22. The van der Waals surface area contributed by atoms with E-state index in [2.05, 4.69) is 40.1 Å². The third kappa shape index (κ3) is 3.42. The Morgan fingerprint density at radius 1 is 1.47 bits per heavy atom. The first-order valence-corrected chi connectivity index (χ1v) is 7.05. The Kier molecular flexibility index (Phi) is 4.39. The van der Waals surface area contributed by atoms with Gasteiger partial charge < -0.3 is 10.6 Å². The quantitative estimate of drug-likeness (QED) is 0.810. The number of hydrogen-bond donors (Lipinski definition) is 2. The summed E-state index contributed by atoms with van der Waals surface area (Å²) >= 11 is 2.28. The summed E-state index contributed by atoms with van der Waals surface area (Å²) in [5.41, 5.74) is 2.12. The molecular weight excluding hydrogens is 327 g/mol. The molecule has 0 aliphatic carbocycles. The highest BCUT2D eigenvalue weighted by Gasteiger charge is 2.20. The van der Waals surface area contributed by atoms with Crippen molar-refractivity contribution in [3.05, 3.63) is 27.3 Å². The summed E-state index contributed by atoms with van der Waals surface area (Å²) in [5.74, 6) is 0.0874. The van der Waals surface area contributed by atoms with Gasteiger partial charge in [-0.25, -0.2) is 0 Å². The average Bonchev–Trinajstić information content (AvgIpc) is 2.35. The van der Waals surface area contributed by atoms with Crippen molar-refractivity contribution in [2.24, 2.45) is 0 Å². The molecule has 92 valence electrons.